The lowest BCUT2D eigenvalue weighted by Crippen LogP contribution is -2.55. The molecule has 0 saturated carbocycles. The van der Waals surface area contributed by atoms with Gasteiger partial charge in [-0.05, 0) is 29.2 Å². The lowest BCUT2D eigenvalue weighted by molar-refractivity contribution is -0.141. The predicted octanol–water partition coefficient (Wildman–Crippen LogP) is -2.01. The van der Waals surface area contributed by atoms with E-state index >= 15 is 0 Å². The van der Waals surface area contributed by atoms with E-state index in [-0.39, 0.29) is 25.3 Å². The molecule has 0 aromatic heterocycles. The maximum absolute atomic E-state index is 12.9. The largest absolute Gasteiger partial charge is 0.481 e. The van der Waals surface area contributed by atoms with Crippen molar-refractivity contribution >= 4 is 52.2 Å². The molecule has 226 valence electrons. The number of aliphatic carboxylic acids is 1. The number of carboxylic acid groups (broad SMARTS) is 1. The van der Waals surface area contributed by atoms with E-state index in [1.807, 2.05) is 36.4 Å². The number of carbonyl (C=O) groups is 6. The highest BCUT2D eigenvalue weighted by molar-refractivity contribution is 5.95. The monoisotopic (exact) mass is 584 g/mol. The van der Waals surface area contributed by atoms with Crippen molar-refractivity contribution in [2.45, 2.75) is 50.7 Å². The molecule has 0 aliphatic heterocycles. The molecule has 0 aliphatic rings. The SMILES string of the molecule is CC(=O)N[C@@H](CCCN=C(N)N)C(=O)NCC(=O)N[C@@H](CC(=O)O)C(=O)N[C@@H](Cc1ccc2ccccc2c1)C(N)=O. The molecule has 0 unspecified atom stereocenters. The van der Waals surface area contributed by atoms with Crippen LogP contribution >= 0.6 is 0 Å². The number of amides is 5. The summed E-state index contributed by atoms with van der Waals surface area (Å²) in [4.78, 5) is 76.9. The number of benzene rings is 2. The Morgan fingerprint density at radius 3 is 2.17 bits per heavy atom. The Balaban J connectivity index is 2.01. The number of nitrogens with zero attached hydrogens (tertiary/aromatic N) is 1. The molecule has 0 aliphatic carbocycles. The average molecular weight is 585 g/mol. The second kappa shape index (κ2) is 16.2. The van der Waals surface area contributed by atoms with Gasteiger partial charge in [0, 0.05) is 19.9 Å². The fraction of sp³-hybridized carbons (Fsp3) is 0.370. The second-order valence-corrected chi connectivity index (χ2v) is 9.49. The molecule has 2 rings (SSSR count). The van der Waals surface area contributed by atoms with Gasteiger partial charge in [-0.1, -0.05) is 42.5 Å². The van der Waals surface area contributed by atoms with Gasteiger partial charge in [0.1, 0.15) is 18.1 Å². The predicted molar refractivity (Wildman–Crippen MR) is 153 cm³/mol. The van der Waals surface area contributed by atoms with E-state index in [2.05, 4.69) is 26.3 Å². The molecular formula is C27H36N8O7. The number of nitrogens with two attached hydrogens (primary N) is 3. The normalized spacial score (nSPS) is 12.7. The van der Waals surface area contributed by atoms with Crippen LogP contribution in [0.3, 0.4) is 0 Å². The third kappa shape index (κ3) is 11.5. The van der Waals surface area contributed by atoms with Crippen LogP contribution in [0.5, 0.6) is 0 Å². The molecule has 2 aromatic carbocycles. The summed E-state index contributed by atoms with van der Waals surface area (Å²) in [5.74, 6) is -5.36. The third-order valence-corrected chi connectivity index (χ3v) is 6.01. The van der Waals surface area contributed by atoms with E-state index in [1.165, 1.54) is 6.92 Å². The maximum Gasteiger partial charge on any atom is 0.305 e. The van der Waals surface area contributed by atoms with Crippen LogP contribution in [0.15, 0.2) is 47.5 Å². The lowest BCUT2D eigenvalue weighted by atomic mass is 10.0. The molecule has 0 heterocycles. The van der Waals surface area contributed by atoms with Gasteiger partial charge in [-0.25, -0.2) is 0 Å². The molecule has 15 heteroatoms. The van der Waals surface area contributed by atoms with Crippen molar-refractivity contribution in [3.63, 3.8) is 0 Å². The Kier molecular flexibility index (Phi) is 12.7. The highest BCUT2D eigenvalue weighted by Gasteiger charge is 2.28. The summed E-state index contributed by atoms with van der Waals surface area (Å²) in [6, 6.07) is 9.26. The first kappa shape index (κ1) is 33.0. The summed E-state index contributed by atoms with van der Waals surface area (Å²) in [5.41, 5.74) is 16.7. The van der Waals surface area contributed by atoms with Gasteiger partial charge in [0.25, 0.3) is 0 Å². The number of aliphatic imine (C=N–C) groups is 1. The van der Waals surface area contributed by atoms with Crippen molar-refractivity contribution in [3.8, 4) is 0 Å². The van der Waals surface area contributed by atoms with Crippen LogP contribution in [0.25, 0.3) is 10.8 Å². The summed E-state index contributed by atoms with van der Waals surface area (Å²) < 4.78 is 0. The summed E-state index contributed by atoms with van der Waals surface area (Å²) >= 11 is 0. The molecule has 0 fully saturated rings. The zero-order valence-electron chi connectivity index (χ0n) is 23.1. The fourth-order valence-electron chi connectivity index (χ4n) is 4.03. The molecule has 15 nitrogen and oxygen atoms in total. The van der Waals surface area contributed by atoms with Gasteiger partial charge >= 0.3 is 5.97 Å². The Morgan fingerprint density at radius 2 is 1.55 bits per heavy atom. The highest BCUT2D eigenvalue weighted by Crippen LogP contribution is 2.17. The van der Waals surface area contributed by atoms with E-state index in [0.717, 1.165) is 10.8 Å². The topological polar surface area (TPSA) is 261 Å². The number of hydrogen-bond acceptors (Lipinski definition) is 7. The molecule has 0 saturated heterocycles. The molecule has 11 N–H and O–H groups in total. The van der Waals surface area contributed by atoms with Gasteiger partial charge in [-0.3, -0.25) is 33.8 Å². The standard InChI is InChI=1S/C27H36N8O7/c1-15(36)33-19(7-4-10-31-27(29)30)25(41)32-14-22(37)34-21(13-23(38)39)26(42)35-20(24(28)40)12-16-8-9-17-5-2-3-6-18(17)11-16/h2-3,5-6,8-9,11,19-21H,4,7,10,12-14H2,1H3,(H2,28,40)(H,32,41)(H,33,36)(H,34,37)(H,35,42)(H,38,39)(H4,29,30,31)/t19-,20-,21-/m0/s1. The van der Waals surface area contributed by atoms with E-state index in [9.17, 15) is 33.9 Å². The number of carboxylic acids is 1. The lowest BCUT2D eigenvalue weighted by Gasteiger charge is -2.22. The van der Waals surface area contributed by atoms with Crippen LogP contribution in [-0.4, -0.2) is 77.8 Å². The van der Waals surface area contributed by atoms with E-state index in [4.69, 9.17) is 17.2 Å². The average Bonchev–Trinajstić information content (AvgIpc) is 2.91. The number of carbonyl (C=O) groups excluding carboxylic acids is 5. The van der Waals surface area contributed by atoms with Crippen molar-refractivity contribution in [3.05, 3.63) is 48.0 Å². The van der Waals surface area contributed by atoms with Crippen molar-refractivity contribution < 1.29 is 33.9 Å². The van der Waals surface area contributed by atoms with E-state index in [1.54, 1.807) is 6.07 Å². The summed E-state index contributed by atoms with van der Waals surface area (Å²) in [6.45, 7) is 0.811. The first-order valence-electron chi connectivity index (χ1n) is 13.0. The zero-order chi connectivity index (χ0) is 31.2. The van der Waals surface area contributed by atoms with Crippen LogP contribution in [0, 0.1) is 0 Å². The van der Waals surface area contributed by atoms with E-state index < -0.39 is 66.6 Å². The molecule has 0 bridgehead atoms. The van der Waals surface area contributed by atoms with Crippen LogP contribution in [-0.2, 0) is 35.2 Å². The summed E-state index contributed by atoms with van der Waals surface area (Å²) in [5, 5.41) is 20.6. The fourth-order valence-corrected chi connectivity index (χ4v) is 4.03. The summed E-state index contributed by atoms with van der Waals surface area (Å²) in [6.07, 6.45) is -0.251. The number of fused-ring (bicyclic) bond motifs is 1. The van der Waals surface area contributed by atoms with Gasteiger partial charge in [-0.15, -0.1) is 0 Å². The molecular weight excluding hydrogens is 548 g/mol. The van der Waals surface area contributed by atoms with Crippen molar-refractivity contribution in [2.24, 2.45) is 22.2 Å². The second-order valence-electron chi connectivity index (χ2n) is 9.49. The number of nitrogens with one attached hydrogen (secondary N) is 4. The number of rotatable bonds is 16. The van der Waals surface area contributed by atoms with Gasteiger partial charge in [0.2, 0.25) is 29.5 Å². The molecule has 0 radical (unpaired) electrons. The van der Waals surface area contributed by atoms with Crippen molar-refractivity contribution in [1.82, 2.24) is 21.3 Å². The van der Waals surface area contributed by atoms with Crippen LogP contribution < -0.4 is 38.5 Å². The van der Waals surface area contributed by atoms with E-state index in [0.29, 0.717) is 12.0 Å². The van der Waals surface area contributed by atoms with Gasteiger partial charge < -0.3 is 43.6 Å². The molecule has 0 spiro atoms. The first-order valence-corrected chi connectivity index (χ1v) is 13.0. The third-order valence-electron chi connectivity index (χ3n) is 6.01. The first-order chi connectivity index (χ1) is 19.8. The Labute approximate surface area is 241 Å². The molecule has 42 heavy (non-hydrogen) atoms. The maximum atomic E-state index is 12.9. The van der Waals surface area contributed by atoms with Crippen molar-refractivity contribution in [1.29, 1.82) is 0 Å². The minimum Gasteiger partial charge on any atom is -0.481 e. The summed E-state index contributed by atoms with van der Waals surface area (Å²) in [7, 11) is 0. The molecule has 5 amide bonds. The van der Waals surface area contributed by atoms with Crippen LogP contribution in [0.4, 0.5) is 0 Å². The minimum atomic E-state index is -1.57. The number of hydrogen-bond donors (Lipinski definition) is 8. The highest BCUT2D eigenvalue weighted by atomic mass is 16.4. The van der Waals surface area contributed by atoms with Gasteiger partial charge in [0.15, 0.2) is 5.96 Å². The quantitative estimate of drug-likeness (QED) is 0.0614. The van der Waals surface area contributed by atoms with Crippen LogP contribution in [0.2, 0.25) is 0 Å². The number of primary amides is 1. The zero-order valence-corrected chi connectivity index (χ0v) is 23.1. The molecule has 3 atom stereocenters. The molecule has 2 aromatic rings. The smallest absolute Gasteiger partial charge is 0.305 e. The Bertz CT molecular complexity index is 1340. The van der Waals surface area contributed by atoms with Gasteiger partial charge in [0.05, 0.1) is 13.0 Å². The van der Waals surface area contributed by atoms with Gasteiger partial charge in [-0.2, -0.15) is 0 Å². The minimum absolute atomic E-state index is 0.0312. The Hall–Kier alpha value is -5.21. The Morgan fingerprint density at radius 1 is 0.857 bits per heavy atom. The van der Waals surface area contributed by atoms with Crippen molar-refractivity contribution in [2.75, 3.05) is 13.1 Å². The van der Waals surface area contributed by atoms with Crippen LogP contribution in [0.1, 0.15) is 31.7 Å². The number of guanidine groups is 1.